The number of hydrogen-bond acceptors (Lipinski definition) is 3. The zero-order chi connectivity index (χ0) is 15.9. The van der Waals surface area contributed by atoms with Crippen LogP contribution in [0.2, 0.25) is 0 Å². The maximum Gasteiger partial charge on any atom is 0.261 e. The molecule has 2 heterocycles. The number of fused-ring (bicyclic) bond motifs is 1. The molecule has 1 atom stereocenters. The van der Waals surface area contributed by atoms with Crippen LogP contribution in [0.5, 0.6) is 0 Å². The van der Waals surface area contributed by atoms with E-state index in [9.17, 15) is 9.59 Å². The summed E-state index contributed by atoms with van der Waals surface area (Å²) in [6.07, 6.45) is 4.86. The molecule has 3 N–H and O–H groups in total. The van der Waals surface area contributed by atoms with E-state index in [0.29, 0.717) is 13.1 Å². The van der Waals surface area contributed by atoms with Crippen LogP contribution in [-0.4, -0.2) is 34.9 Å². The number of amides is 1. The number of aromatic amines is 1. The summed E-state index contributed by atoms with van der Waals surface area (Å²) in [6.45, 7) is 5.38. The maximum atomic E-state index is 12.8. The fourth-order valence-corrected chi connectivity index (χ4v) is 3.55. The van der Waals surface area contributed by atoms with Crippen LogP contribution in [0.1, 0.15) is 54.7 Å². The van der Waals surface area contributed by atoms with Gasteiger partial charge in [-0.1, -0.05) is 13.8 Å². The molecule has 1 aliphatic carbocycles. The van der Waals surface area contributed by atoms with Gasteiger partial charge in [0.05, 0.1) is 0 Å². The quantitative estimate of drug-likeness (QED) is 0.824. The highest BCUT2D eigenvalue weighted by atomic mass is 16.2. The Balaban J connectivity index is 1.88. The molecular weight excluding hydrogens is 278 g/mol. The molecule has 120 valence electrons. The van der Waals surface area contributed by atoms with Gasteiger partial charge in [0, 0.05) is 24.8 Å². The molecule has 1 saturated heterocycles. The topological polar surface area (TPSA) is 79.2 Å². The zero-order valence-electron chi connectivity index (χ0n) is 13.4. The highest BCUT2D eigenvalue weighted by molar-refractivity contribution is 5.94. The molecule has 5 nitrogen and oxygen atoms in total. The van der Waals surface area contributed by atoms with Crippen LogP contribution in [0.15, 0.2) is 10.9 Å². The van der Waals surface area contributed by atoms with Crippen molar-refractivity contribution >= 4 is 5.91 Å². The predicted molar refractivity (Wildman–Crippen MR) is 86.0 cm³/mol. The Morgan fingerprint density at radius 2 is 2.09 bits per heavy atom. The standard InChI is InChI=1S/C17H25N3O2/c1-17(2)10-20(8-7-14(17)18)16(22)12-9-11-5-3-4-6-13(11)19-15(12)21/h9,14H,3-8,10,18H2,1-2H3,(H,19,21). The first-order valence-corrected chi connectivity index (χ1v) is 8.18. The third-order valence-corrected chi connectivity index (χ3v) is 5.17. The number of nitrogens with two attached hydrogens (primary N) is 1. The predicted octanol–water partition coefficient (Wildman–Crippen LogP) is 1.45. The molecule has 1 aromatic rings. The number of likely N-dealkylation sites (tertiary alicyclic amines) is 1. The first kappa shape index (κ1) is 15.3. The average Bonchev–Trinajstić information content (AvgIpc) is 2.48. The Labute approximate surface area is 130 Å². The van der Waals surface area contributed by atoms with Gasteiger partial charge < -0.3 is 15.6 Å². The van der Waals surface area contributed by atoms with Crippen LogP contribution >= 0.6 is 0 Å². The van der Waals surface area contributed by atoms with Crippen molar-refractivity contribution in [3.8, 4) is 0 Å². The highest BCUT2D eigenvalue weighted by Gasteiger charge is 2.36. The molecule has 3 rings (SSSR count). The molecule has 0 bridgehead atoms. The Bertz CT molecular complexity index is 648. The average molecular weight is 303 g/mol. The molecule has 0 radical (unpaired) electrons. The lowest BCUT2D eigenvalue weighted by atomic mass is 9.79. The second-order valence-corrected chi connectivity index (χ2v) is 7.33. The Kier molecular flexibility index (Phi) is 3.85. The molecule has 22 heavy (non-hydrogen) atoms. The summed E-state index contributed by atoms with van der Waals surface area (Å²) in [5, 5.41) is 0. The van der Waals surface area contributed by atoms with E-state index in [1.54, 1.807) is 4.90 Å². The van der Waals surface area contributed by atoms with Crippen molar-refractivity contribution in [2.75, 3.05) is 13.1 Å². The monoisotopic (exact) mass is 303 g/mol. The number of rotatable bonds is 1. The lowest BCUT2D eigenvalue weighted by Gasteiger charge is -2.42. The van der Waals surface area contributed by atoms with E-state index in [1.807, 2.05) is 6.07 Å². The number of carbonyl (C=O) groups excluding carboxylic acids is 1. The number of pyridine rings is 1. The highest BCUT2D eigenvalue weighted by Crippen LogP contribution is 2.28. The van der Waals surface area contributed by atoms with Crippen molar-refractivity contribution in [2.45, 2.75) is 52.0 Å². The van der Waals surface area contributed by atoms with Crippen molar-refractivity contribution in [3.05, 3.63) is 33.2 Å². The van der Waals surface area contributed by atoms with Crippen LogP contribution in [-0.2, 0) is 12.8 Å². The number of aryl methyl sites for hydroxylation is 2. The van der Waals surface area contributed by atoms with E-state index in [4.69, 9.17) is 5.73 Å². The largest absolute Gasteiger partial charge is 0.338 e. The number of piperidine rings is 1. The van der Waals surface area contributed by atoms with Crippen molar-refractivity contribution < 1.29 is 4.79 Å². The molecule has 1 aliphatic heterocycles. The summed E-state index contributed by atoms with van der Waals surface area (Å²) < 4.78 is 0. The first-order chi connectivity index (χ1) is 10.4. The lowest BCUT2D eigenvalue weighted by Crippen LogP contribution is -2.54. The second kappa shape index (κ2) is 5.54. The van der Waals surface area contributed by atoms with Gasteiger partial charge in [0.25, 0.3) is 11.5 Å². The molecule has 1 amide bonds. The van der Waals surface area contributed by atoms with Gasteiger partial charge in [-0.2, -0.15) is 0 Å². The fraction of sp³-hybridized carbons (Fsp3) is 0.647. The molecule has 1 unspecified atom stereocenters. The van der Waals surface area contributed by atoms with Crippen LogP contribution in [0, 0.1) is 5.41 Å². The molecule has 5 heteroatoms. The number of aromatic nitrogens is 1. The van der Waals surface area contributed by atoms with Gasteiger partial charge in [-0.15, -0.1) is 0 Å². The number of nitrogens with zero attached hydrogens (tertiary/aromatic N) is 1. The van der Waals surface area contributed by atoms with Crippen LogP contribution in [0.25, 0.3) is 0 Å². The molecule has 1 fully saturated rings. The molecule has 1 aromatic heterocycles. The van der Waals surface area contributed by atoms with Crippen molar-refractivity contribution in [3.63, 3.8) is 0 Å². The van der Waals surface area contributed by atoms with E-state index >= 15 is 0 Å². The number of hydrogen-bond donors (Lipinski definition) is 2. The SMILES string of the molecule is CC1(C)CN(C(=O)c2cc3c([nH]c2=O)CCCC3)CCC1N. The maximum absolute atomic E-state index is 12.8. The van der Waals surface area contributed by atoms with E-state index in [-0.39, 0.29) is 28.5 Å². The molecular formula is C17H25N3O2. The van der Waals surface area contributed by atoms with Crippen LogP contribution in [0.4, 0.5) is 0 Å². The van der Waals surface area contributed by atoms with Crippen molar-refractivity contribution in [1.29, 1.82) is 0 Å². The molecule has 0 aromatic carbocycles. The zero-order valence-corrected chi connectivity index (χ0v) is 13.4. The van der Waals surface area contributed by atoms with Gasteiger partial charge in [-0.3, -0.25) is 9.59 Å². The minimum atomic E-state index is -0.252. The summed E-state index contributed by atoms with van der Waals surface area (Å²) in [7, 11) is 0. The summed E-state index contributed by atoms with van der Waals surface area (Å²) in [5.74, 6) is -0.158. The van der Waals surface area contributed by atoms with E-state index in [0.717, 1.165) is 43.4 Å². The summed E-state index contributed by atoms with van der Waals surface area (Å²) in [6, 6.07) is 1.91. The van der Waals surface area contributed by atoms with Crippen molar-refractivity contribution in [1.82, 2.24) is 9.88 Å². The van der Waals surface area contributed by atoms with E-state index < -0.39 is 0 Å². The van der Waals surface area contributed by atoms with Gasteiger partial charge in [-0.05, 0) is 49.1 Å². The van der Waals surface area contributed by atoms with Gasteiger partial charge >= 0.3 is 0 Å². The minimum absolute atomic E-state index is 0.0957. The second-order valence-electron chi connectivity index (χ2n) is 7.33. The lowest BCUT2D eigenvalue weighted by molar-refractivity contribution is 0.0531. The van der Waals surface area contributed by atoms with E-state index in [2.05, 4.69) is 18.8 Å². The molecule has 0 saturated carbocycles. The minimum Gasteiger partial charge on any atom is -0.338 e. The normalized spacial score (nSPS) is 24.0. The van der Waals surface area contributed by atoms with Crippen molar-refractivity contribution in [2.24, 2.45) is 11.1 Å². The number of H-pyrrole nitrogens is 1. The van der Waals surface area contributed by atoms with Crippen LogP contribution in [0.3, 0.4) is 0 Å². The number of nitrogens with one attached hydrogen (secondary N) is 1. The van der Waals surface area contributed by atoms with Gasteiger partial charge in [0.2, 0.25) is 0 Å². The third kappa shape index (κ3) is 2.70. The first-order valence-electron chi connectivity index (χ1n) is 8.18. The van der Waals surface area contributed by atoms with Gasteiger partial charge in [0.1, 0.15) is 5.56 Å². The van der Waals surface area contributed by atoms with Gasteiger partial charge in [0.15, 0.2) is 0 Å². The Morgan fingerprint density at radius 1 is 1.36 bits per heavy atom. The third-order valence-electron chi connectivity index (χ3n) is 5.17. The summed E-state index contributed by atoms with van der Waals surface area (Å²) >= 11 is 0. The fourth-order valence-electron chi connectivity index (χ4n) is 3.55. The molecule has 2 aliphatic rings. The summed E-state index contributed by atoms with van der Waals surface area (Å²) in [5.41, 5.74) is 8.18. The Hall–Kier alpha value is -1.62. The van der Waals surface area contributed by atoms with Gasteiger partial charge in [-0.25, -0.2) is 0 Å². The number of carbonyl (C=O) groups is 1. The molecule has 0 spiro atoms. The smallest absolute Gasteiger partial charge is 0.261 e. The summed E-state index contributed by atoms with van der Waals surface area (Å²) in [4.78, 5) is 29.7. The van der Waals surface area contributed by atoms with Crippen LogP contribution < -0.4 is 11.3 Å². The van der Waals surface area contributed by atoms with E-state index in [1.165, 1.54) is 0 Å². The Morgan fingerprint density at radius 3 is 2.82 bits per heavy atom.